The molecule has 1 heterocycles. The quantitative estimate of drug-likeness (QED) is 0.867. The fourth-order valence-corrected chi connectivity index (χ4v) is 4.37. The molecule has 1 aromatic heterocycles. The van der Waals surface area contributed by atoms with Gasteiger partial charge in [0.2, 0.25) is 0 Å². The van der Waals surface area contributed by atoms with Crippen molar-refractivity contribution in [1.29, 1.82) is 0 Å². The molecule has 1 aliphatic rings. The fraction of sp³-hybridized carbons (Fsp3) is 0.421. The van der Waals surface area contributed by atoms with Crippen LogP contribution in [0.5, 0.6) is 0 Å². The summed E-state index contributed by atoms with van der Waals surface area (Å²) in [6.07, 6.45) is 3.33. The molecule has 0 bridgehead atoms. The van der Waals surface area contributed by atoms with Gasteiger partial charge in [0.25, 0.3) is 5.91 Å². The van der Waals surface area contributed by atoms with E-state index in [9.17, 15) is 4.79 Å². The summed E-state index contributed by atoms with van der Waals surface area (Å²) in [5.74, 6) is 0.151. The minimum absolute atomic E-state index is 0.151. The number of quaternary nitrogens is 1. The Morgan fingerprint density at radius 2 is 2.17 bits per heavy atom. The second kappa shape index (κ2) is 7.28. The lowest BCUT2D eigenvalue weighted by Gasteiger charge is -2.26. The monoisotopic (exact) mass is 329 g/mol. The average molecular weight is 329 g/mol. The molecule has 0 aliphatic heterocycles. The highest BCUT2D eigenvalue weighted by atomic mass is 32.1. The maximum Gasteiger partial charge on any atom is 0.275 e. The molecule has 1 unspecified atom stereocenters. The topological polar surface area (TPSA) is 33.5 Å². The fourth-order valence-electron chi connectivity index (χ4n) is 3.35. The maximum atomic E-state index is 12.4. The molecule has 1 aliphatic carbocycles. The van der Waals surface area contributed by atoms with E-state index in [1.807, 2.05) is 0 Å². The number of hydrogen-bond donors (Lipinski definition) is 2. The van der Waals surface area contributed by atoms with Gasteiger partial charge in [-0.15, -0.1) is 11.3 Å². The molecular weight excluding hydrogens is 304 g/mol. The predicted octanol–water partition coefficient (Wildman–Crippen LogP) is 2.27. The number of thiophene rings is 1. The van der Waals surface area contributed by atoms with Gasteiger partial charge in [-0.1, -0.05) is 24.3 Å². The molecular formula is C19H25N2OS+. The maximum absolute atomic E-state index is 12.4. The lowest BCUT2D eigenvalue weighted by atomic mass is 9.88. The van der Waals surface area contributed by atoms with Gasteiger partial charge in [0.1, 0.15) is 6.54 Å². The Balaban J connectivity index is 1.57. The number of nitrogens with one attached hydrogen (secondary N) is 2. The number of carbonyl (C=O) groups excluding carboxylic acids is 1. The standard InChI is InChI=1S/C19H24N2OS/c1-14-10-11-23-18(14)12-21(2)13-19(22)20-17-9-5-7-15-6-3-4-8-16(15)17/h3-4,6,8,10-11,17H,5,7,9,12-13H2,1-2H3,(H,20,22)/p+1/t17-/m1/s1. The summed E-state index contributed by atoms with van der Waals surface area (Å²) >= 11 is 1.78. The smallest absolute Gasteiger partial charge is 0.275 e. The van der Waals surface area contributed by atoms with Crippen LogP contribution >= 0.6 is 11.3 Å². The number of aryl methyl sites for hydroxylation is 2. The molecule has 1 aromatic carbocycles. The van der Waals surface area contributed by atoms with E-state index in [0.29, 0.717) is 6.54 Å². The highest BCUT2D eigenvalue weighted by Crippen LogP contribution is 2.29. The van der Waals surface area contributed by atoms with Crippen LogP contribution in [0.25, 0.3) is 0 Å². The third-order valence-electron chi connectivity index (χ3n) is 4.60. The number of hydrogen-bond acceptors (Lipinski definition) is 2. The number of rotatable bonds is 5. The van der Waals surface area contributed by atoms with E-state index in [0.717, 1.165) is 25.8 Å². The Hall–Kier alpha value is -1.65. The van der Waals surface area contributed by atoms with Crippen molar-refractivity contribution < 1.29 is 9.69 Å². The molecule has 2 N–H and O–H groups in total. The Morgan fingerprint density at radius 3 is 2.96 bits per heavy atom. The van der Waals surface area contributed by atoms with Crippen LogP contribution in [0, 0.1) is 6.92 Å². The number of benzene rings is 1. The van der Waals surface area contributed by atoms with Crippen molar-refractivity contribution in [3.63, 3.8) is 0 Å². The zero-order valence-electron chi connectivity index (χ0n) is 13.9. The molecule has 3 nitrogen and oxygen atoms in total. The molecule has 0 spiro atoms. The van der Waals surface area contributed by atoms with Gasteiger partial charge in [-0.2, -0.15) is 0 Å². The third-order valence-corrected chi connectivity index (χ3v) is 5.62. The van der Waals surface area contributed by atoms with Crippen LogP contribution in [0.2, 0.25) is 0 Å². The van der Waals surface area contributed by atoms with Crippen molar-refractivity contribution in [2.75, 3.05) is 13.6 Å². The van der Waals surface area contributed by atoms with E-state index in [-0.39, 0.29) is 11.9 Å². The molecule has 0 saturated carbocycles. The third kappa shape index (κ3) is 4.01. The second-order valence-corrected chi connectivity index (χ2v) is 7.55. The Bertz CT molecular complexity index is 680. The van der Waals surface area contributed by atoms with Gasteiger partial charge < -0.3 is 10.2 Å². The summed E-state index contributed by atoms with van der Waals surface area (Å²) in [6.45, 7) is 3.58. The molecule has 0 fully saturated rings. The summed E-state index contributed by atoms with van der Waals surface area (Å²) in [4.78, 5) is 15.0. The summed E-state index contributed by atoms with van der Waals surface area (Å²) in [7, 11) is 2.09. The average Bonchev–Trinajstić information content (AvgIpc) is 2.92. The molecule has 3 rings (SSSR count). The van der Waals surface area contributed by atoms with Crippen LogP contribution in [-0.4, -0.2) is 19.5 Å². The van der Waals surface area contributed by atoms with Crippen molar-refractivity contribution in [3.05, 3.63) is 57.3 Å². The number of likely N-dealkylation sites (N-methyl/N-ethyl adjacent to an activating group) is 1. The van der Waals surface area contributed by atoms with Crippen molar-refractivity contribution in [2.45, 2.75) is 38.8 Å². The molecule has 2 atom stereocenters. The normalized spacial score (nSPS) is 18.3. The number of amides is 1. The first kappa shape index (κ1) is 16.2. The number of carbonyl (C=O) groups is 1. The summed E-state index contributed by atoms with van der Waals surface area (Å²) in [5, 5.41) is 5.37. The van der Waals surface area contributed by atoms with Gasteiger partial charge in [0.15, 0.2) is 6.54 Å². The van der Waals surface area contributed by atoms with Gasteiger partial charge in [-0.3, -0.25) is 4.79 Å². The van der Waals surface area contributed by atoms with Crippen LogP contribution in [0.3, 0.4) is 0 Å². The zero-order valence-corrected chi connectivity index (χ0v) is 14.7. The minimum Gasteiger partial charge on any atom is -0.344 e. The predicted molar refractivity (Wildman–Crippen MR) is 94.8 cm³/mol. The van der Waals surface area contributed by atoms with E-state index in [2.05, 4.69) is 55.0 Å². The summed E-state index contributed by atoms with van der Waals surface area (Å²) < 4.78 is 0. The SMILES string of the molecule is Cc1ccsc1C[NH+](C)CC(=O)N[C@@H]1CCCc2ccccc21. The van der Waals surface area contributed by atoms with Crippen LogP contribution in [-0.2, 0) is 17.8 Å². The van der Waals surface area contributed by atoms with Crippen LogP contribution in [0.4, 0.5) is 0 Å². The Morgan fingerprint density at radius 1 is 1.35 bits per heavy atom. The molecule has 2 aromatic rings. The number of fused-ring (bicyclic) bond motifs is 1. The lowest BCUT2D eigenvalue weighted by Crippen LogP contribution is -3.08. The van der Waals surface area contributed by atoms with Gasteiger partial charge in [-0.05, 0) is 54.3 Å². The van der Waals surface area contributed by atoms with E-state index < -0.39 is 0 Å². The zero-order chi connectivity index (χ0) is 16.2. The van der Waals surface area contributed by atoms with Crippen molar-refractivity contribution >= 4 is 17.2 Å². The van der Waals surface area contributed by atoms with E-state index in [1.165, 1.54) is 26.5 Å². The Labute approximate surface area is 142 Å². The molecule has 122 valence electrons. The van der Waals surface area contributed by atoms with Crippen molar-refractivity contribution in [1.82, 2.24) is 5.32 Å². The molecule has 0 radical (unpaired) electrons. The van der Waals surface area contributed by atoms with E-state index in [4.69, 9.17) is 0 Å². The first-order valence-corrected chi connectivity index (χ1v) is 9.23. The van der Waals surface area contributed by atoms with Crippen LogP contribution < -0.4 is 10.2 Å². The first-order chi connectivity index (χ1) is 11.1. The molecule has 23 heavy (non-hydrogen) atoms. The highest BCUT2D eigenvalue weighted by Gasteiger charge is 2.22. The van der Waals surface area contributed by atoms with E-state index in [1.54, 1.807) is 11.3 Å². The van der Waals surface area contributed by atoms with Gasteiger partial charge >= 0.3 is 0 Å². The largest absolute Gasteiger partial charge is 0.344 e. The Kier molecular flexibility index (Phi) is 5.13. The molecule has 0 saturated heterocycles. The van der Waals surface area contributed by atoms with Crippen LogP contribution in [0.1, 0.15) is 40.5 Å². The molecule has 1 amide bonds. The van der Waals surface area contributed by atoms with Crippen LogP contribution in [0.15, 0.2) is 35.7 Å². The van der Waals surface area contributed by atoms with Gasteiger partial charge in [0.05, 0.1) is 18.0 Å². The van der Waals surface area contributed by atoms with E-state index >= 15 is 0 Å². The van der Waals surface area contributed by atoms with Gasteiger partial charge in [0, 0.05) is 0 Å². The highest BCUT2D eigenvalue weighted by molar-refractivity contribution is 7.10. The minimum atomic E-state index is 0.151. The van der Waals surface area contributed by atoms with Gasteiger partial charge in [-0.25, -0.2) is 0 Å². The van der Waals surface area contributed by atoms with Crippen molar-refractivity contribution in [2.24, 2.45) is 0 Å². The summed E-state index contributed by atoms with van der Waals surface area (Å²) in [5.41, 5.74) is 4.02. The van der Waals surface area contributed by atoms with Crippen molar-refractivity contribution in [3.8, 4) is 0 Å². The summed E-state index contributed by atoms with van der Waals surface area (Å²) in [6, 6.07) is 10.8. The molecule has 4 heteroatoms. The second-order valence-electron chi connectivity index (χ2n) is 6.55. The lowest BCUT2D eigenvalue weighted by molar-refractivity contribution is -0.885. The first-order valence-electron chi connectivity index (χ1n) is 8.35.